The maximum atomic E-state index is 12.2. The molecule has 3 rings (SSSR count). The zero-order valence-electron chi connectivity index (χ0n) is 12.7. The minimum absolute atomic E-state index is 0.147. The minimum atomic E-state index is 0.147. The molecule has 22 heavy (non-hydrogen) atoms. The molecule has 2 fully saturated rings. The van der Waals surface area contributed by atoms with E-state index < -0.39 is 0 Å². The highest BCUT2D eigenvalue weighted by atomic mass is 79.9. The summed E-state index contributed by atoms with van der Waals surface area (Å²) in [6, 6.07) is 8.87. The molecule has 0 bridgehead atoms. The summed E-state index contributed by atoms with van der Waals surface area (Å²) in [5.41, 5.74) is 1.49. The van der Waals surface area contributed by atoms with Crippen molar-refractivity contribution in [1.82, 2.24) is 10.6 Å². The first-order valence-electron chi connectivity index (χ1n) is 8.02. The molecule has 1 saturated heterocycles. The molecular weight excluding hydrogens is 360 g/mol. The summed E-state index contributed by atoms with van der Waals surface area (Å²) in [7, 11) is 0. The third-order valence-electron chi connectivity index (χ3n) is 4.80. The topological polar surface area (TPSA) is 41.1 Å². The molecule has 5 heteroatoms. The van der Waals surface area contributed by atoms with Crippen LogP contribution in [0.25, 0.3) is 0 Å². The second-order valence-electron chi connectivity index (χ2n) is 6.35. The van der Waals surface area contributed by atoms with Gasteiger partial charge in [0, 0.05) is 46.9 Å². The fourth-order valence-electron chi connectivity index (χ4n) is 3.30. The molecule has 1 aliphatic carbocycles. The fraction of sp³-hybridized carbons (Fsp3) is 0.588. The van der Waals surface area contributed by atoms with E-state index in [0.717, 1.165) is 29.1 Å². The van der Waals surface area contributed by atoms with Gasteiger partial charge in [0.2, 0.25) is 5.91 Å². The van der Waals surface area contributed by atoms with Crippen molar-refractivity contribution in [3.05, 3.63) is 34.3 Å². The summed E-state index contributed by atoms with van der Waals surface area (Å²) in [6.07, 6.45) is 4.19. The Labute approximate surface area is 145 Å². The van der Waals surface area contributed by atoms with Gasteiger partial charge in [-0.1, -0.05) is 34.5 Å². The Morgan fingerprint density at radius 3 is 2.95 bits per heavy atom. The fourth-order valence-corrected chi connectivity index (χ4v) is 4.65. The molecule has 1 heterocycles. The average Bonchev–Trinajstić information content (AvgIpc) is 2.47. The van der Waals surface area contributed by atoms with Crippen LogP contribution >= 0.6 is 27.7 Å². The van der Waals surface area contributed by atoms with E-state index in [4.69, 9.17) is 0 Å². The van der Waals surface area contributed by atoms with E-state index in [1.165, 1.54) is 24.8 Å². The SMILES string of the molecule is O=C(CC1CSCCN1)NCC1(c2cccc(Br)c2)CCC1. The maximum Gasteiger partial charge on any atom is 0.221 e. The van der Waals surface area contributed by atoms with E-state index in [2.05, 4.69) is 50.8 Å². The smallest absolute Gasteiger partial charge is 0.221 e. The Kier molecular flexibility index (Phi) is 5.47. The number of halogens is 1. The molecular formula is C17H23BrN2OS. The molecule has 1 unspecified atom stereocenters. The number of rotatable bonds is 5. The van der Waals surface area contributed by atoms with Gasteiger partial charge in [0.15, 0.2) is 0 Å². The standard InChI is InChI=1S/C17H23BrN2OS/c18-14-4-1-3-13(9-14)17(5-2-6-17)12-20-16(21)10-15-11-22-8-7-19-15/h1,3-4,9,15,19H,2,5-8,10-12H2,(H,20,21). The maximum absolute atomic E-state index is 12.2. The quantitative estimate of drug-likeness (QED) is 0.821. The summed E-state index contributed by atoms with van der Waals surface area (Å²) in [4.78, 5) is 12.2. The van der Waals surface area contributed by atoms with E-state index in [1.807, 2.05) is 11.8 Å². The lowest BCUT2D eigenvalue weighted by atomic mass is 9.64. The third kappa shape index (κ3) is 3.87. The molecule has 1 atom stereocenters. The van der Waals surface area contributed by atoms with Crippen molar-refractivity contribution in [3.63, 3.8) is 0 Å². The summed E-state index contributed by atoms with van der Waals surface area (Å²) in [5, 5.41) is 6.61. The molecule has 0 radical (unpaired) electrons. The number of carbonyl (C=O) groups excluding carboxylic acids is 1. The molecule has 2 aliphatic rings. The first-order valence-corrected chi connectivity index (χ1v) is 9.97. The zero-order valence-corrected chi connectivity index (χ0v) is 15.1. The number of carbonyl (C=O) groups is 1. The molecule has 1 saturated carbocycles. The number of benzene rings is 1. The van der Waals surface area contributed by atoms with Gasteiger partial charge in [-0.05, 0) is 30.5 Å². The van der Waals surface area contributed by atoms with Crippen molar-refractivity contribution in [2.45, 2.75) is 37.1 Å². The van der Waals surface area contributed by atoms with Gasteiger partial charge in [0.05, 0.1) is 0 Å². The Bertz CT molecular complexity index is 527. The summed E-state index contributed by atoms with van der Waals surface area (Å²) >= 11 is 5.49. The second kappa shape index (κ2) is 7.37. The highest BCUT2D eigenvalue weighted by Gasteiger charge is 2.39. The van der Waals surface area contributed by atoms with Gasteiger partial charge in [-0.25, -0.2) is 0 Å². The van der Waals surface area contributed by atoms with Crippen LogP contribution in [-0.2, 0) is 10.2 Å². The molecule has 0 aromatic heterocycles. The second-order valence-corrected chi connectivity index (χ2v) is 8.42. The Morgan fingerprint density at radius 2 is 2.32 bits per heavy atom. The minimum Gasteiger partial charge on any atom is -0.355 e. The van der Waals surface area contributed by atoms with Gasteiger partial charge in [-0.15, -0.1) is 0 Å². The summed E-state index contributed by atoms with van der Waals surface area (Å²) in [6.45, 7) is 1.78. The largest absolute Gasteiger partial charge is 0.355 e. The van der Waals surface area contributed by atoms with E-state index in [9.17, 15) is 4.79 Å². The van der Waals surface area contributed by atoms with Gasteiger partial charge >= 0.3 is 0 Å². The molecule has 120 valence electrons. The molecule has 0 spiro atoms. The van der Waals surface area contributed by atoms with E-state index >= 15 is 0 Å². The Hall–Kier alpha value is -0.520. The summed E-state index contributed by atoms with van der Waals surface area (Å²) < 4.78 is 1.12. The Balaban J connectivity index is 1.55. The monoisotopic (exact) mass is 382 g/mol. The first-order chi connectivity index (χ1) is 10.7. The number of thioether (sulfide) groups is 1. The van der Waals surface area contributed by atoms with Crippen molar-refractivity contribution in [1.29, 1.82) is 0 Å². The third-order valence-corrected chi connectivity index (χ3v) is 6.43. The normalized spacial score (nSPS) is 23.6. The van der Waals surface area contributed by atoms with Gasteiger partial charge in [0.25, 0.3) is 0 Å². The molecule has 2 N–H and O–H groups in total. The van der Waals surface area contributed by atoms with Crippen molar-refractivity contribution >= 4 is 33.6 Å². The van der Waals surface area contributed by atoms with Crippen molar-refractivity contribution in [2.75, 3.05) is 24.6 Å². The molecule has 1 aromatic carbocycles. The zero-order chi connectivity index (χ0) is 15.4. The molecule has 1 aromatic rings. The van der Waals surface area contributed by atoms with Crippen LogP contribution in [0.2, 0.25) is 0 Å². The lowest BCUT2D eigenvalue weighted by Gasteiger charge is -2.42. The van der Waals surface area contributed by atoms with Gasteiger partial charge < -0.3 is 10.6 Å². The lowest BCUT2D eigenvalue weighted by molar-refractivity contribution is -0.121. The van der Waals surface area contributed by atoms with E-state index in [0.29, 0.717) is 12.5 Å². The van der Waals surface area contributed by atoms with Crippen molar-refractivity contribution < 1.29 is 4.79 Å². The highest BCUT2D eigenvalue weighted by Crippen LogP contribution is 2.43. The van der Waals surface area contributed by atoms with Gasteiger partial charge in [-0.3, -0.25) is 4.79 Å². The Morgan fingerprint density at radius 1 is 1.45 bits per heavy atom. The van der Waals surface area contributed by atoms with Crippen LogP contribution in [0.15, 0.2) is 28.7 Å². The first kappa shape index (κ1) is 16.3. The lowest BCUT2D eigenvalue weighted by Crippen LogP contribution is -2.47. The predicted molar refractivity (Wildman–Crippen MR) is 96.4 cm³/mol. The molecule has 1 aliphatic heterocycles. The van der Waals surface area contributed by atoms with Crippen LogP contribution in [0, 0.1) is 0 Å². The van der Waals surface area contributed by atoms with Gasteiger partial charge in [0.1, 0.15) is 0 Å². The van der Waals surface area contributed by atoms with Crippen LogP contribution in [-0.4, -0.2) is 36.5 Å². The van der Waals surface area contributed by atoms with Crippen LogP contribution in [0.5, 0.6) is 0 Å². The van der Waals surface area contributed by atoms with E-state index in [1.54, 1.807) is 0 Å². The number of amides is 1. The van der Waals surface area contributed by atoms with Gasteiger partial charge in [-0.2, -0.15) is 11.8 Å². The van der Waals surface area contributed by atoms with E-state index in [-0.39, 0.29) is 11.3 Å². The summed E-state index contributed by atoms with van der Waals surface area (Å²) in [5.74, 6) is 2.38. The van der Waals surface area contributed by atoms with Crippen molar-refractivity contribution in [3.8, 4) is 0 Å². The predicted octanol–water partition coefficient (Wildman–Crippen LogP) is 3.08. The van der Waals surface area contributed by atoms with Crippen LogP contribution < -0.4 is 10.6 Å². The van der Waals surface area contributed by atoms with Crippen LogP contribution in [0.3, 0.4) is 0 Å². The number of nitrogens with one attached hydrogen (secondary N) is 2. The average molecular weight is 383 g/mol. The highest BCUT2D eigenvalue weighted by molar-refractivity contribution is 9.10. The number of hydrogen-bond donors (Lipinski definition) is 2. The molecule has 3 nitrogen and oxygen atoms in total. The van der Waals surface area contributed by atoms with Crippen LogP contribution in [0.1, 0.15) is 31.2 Å². The molecule has 1 amide bonds. The number of hydrogen-bond acceptors (Lipinski definition) is 3. The van der Waals surface area contributed by atoms with Crippen LogP contribution in [0.4, 0.5) is 0 Å². The van der Waals surface area contributed by atoms with Crippen molar-refractivity contribution in [2.24, 2.45) is 0 Å².